The number of hydrogen-bond donors (Lipinski definition) is 1. The van der Waals surface area contributed by atoms with Crippen LogP contribution in [0, 0.1) is 10.1 Å². The fraction of sp³-hybridized carbons (Fsp3) is 0.167. The monoisotopic (exact) mass is 385 g/mol. The molecule has 1 heterocycles. The summed E-state index contributed by atoms with van der Waals surface area (Å²) in [5, 5.41) is 13.0. The summed E-state index contributed by atoms with van der Waals surface area (Å²) < 4.78 is 11.3. The number of nitrogens with one attached hydrogen (secondary N) is 1. The molecule has 28 heavy (non-hydrogen) atoms. The Kier molecular flexibility index (Phi) is 5.49. The molecule has 0 aliphatic rings. The molecular weight excluding hydrogens is 370 g/mol. The van der Waals surface area contributed by atoms with Crippen LogP contribution in [-0.4, -0.2) is 28.0 Å². The van der Waals surface area contributed by atoms with Gasteiger partial charge < -0.3 is 14.5 Å². The standard InChI is InChI=1S/C18H15N3O7/c22-16(19-12-5-7-13(8-6-12)21(25)26)11-27-17(23)9-10-20-14-3-1-2-4-15(14)28-18(20)24/h1-8H,9-11H2,(H,19,22). The van der Waals surface area contributed by atoms with Crippen LogP contribution in [0.25, 0.3) is 11.1 Å². The molecule has 3 aromatic rings. The van der Waals surface area contributed by atoms with Gasteiger partial charge in [0.05, 0.1) is 16.9 Å². The average molecular weight is 385 g/mol. The minimum atomic E-state index is -0.656. The van der Waals surface area contributed by atoms with Crippen molar-refractivity contribution in [2.45, 2.75) is 13.0 Å². The van der Waals surface area contributed by atoms with Crippen molar-refractivity contribution in [3.8, 4) is 0 Å². The molecule has 0 fully saturated rings. The van der Waals surface area contributed by atoms with Gasteiger partial charge in [0.1, 0.15) is 0 Å². The van der Waals surface area contributed by atoms with Gasteiger partial charge in [0.15, 0.2) is 12.2 Å². The van der Waals surface area contributed by atoms with E-state index in [1.165, 1.54) is 28.8 Å². The Bertz CT molecular complexity index is 1080. The van der Waals surface area contributed by atoms with Gasteiger partial charge in [0.25, 0.3) is 11.6 Å². The van der Waals surface area contributed by atoms with Crippen molar-refractivity contribution in [1.29, 1.82) is 0 Å². The number of carbonyl (C=O) groups excluding carboxylic acids is 2. The number of aromatic nitrogens is 1. The van der Waals surface area contributed by atoms with Gasteiger partial charge in [-0.2, -0.15) is 0 Å². The topological polar surface area (TPSA) is 134 Å². The van der Waals surface area contributed by atoms with Crippen molar-refractivity contribution in [1.82, 2.24) is 4.57 Å². The van der Waals surface area contributed by atoms with Gasteiger partial charge in [-0.25, -0.2) is 4.79 Å². The van der Waals surface area contributed by atoms with Crippen LogP contribution in [0.3, 0.4) is 0 Å². The third-order valence-electron chi connectivity index (χ3n) is 3.84. The summed E-state index contributed by atoms with van der Waals surface area (Å²) in [6, 6.07) is 12.0. The summed E-state index contributed by atoms with van der Waals surface area (Å²) in [5.41, 5.74) is 1.22. The Balaban J connectivity index is 1.48. The molecule has 0 atom stereocenters. The minimum Gasteiger partial charge on any atom is -0.456 e. The molecular formula is C18H15N3O7. The number of nitro groups is 1. The second-order valence-electron chi connectivity index (χ2n) is 5.75. The van der Waals surface area contributed by atoms with E-state index in [2.05, 4.69) is 5.32 Å². The first-order valence-corrected chi connectivity index (χ1v) is 8.22. The highest BCUT2D eigenvalue weighted by Gasteiger charge is 2.13. The number of aryl methyl sites for hydroxylation is 1. The molecule has 0 bridgehead atoms. The number of rotatable bonds is 7. The molecule has 1 aromatic heterocycles. The number of oxazole rings is 1. The molecule has 0 saturated heterocycles. The largest absolute Gasteiger partial charge is 0.456 e. The van der Waals surface area contributed by atoms with Gasteiger partial charge in [-0.15, -0.1) is 0 Å². The molecule has 1 N–H and O–H groups in total. The summed E-state index contributed by atoms with van der Waals surface area (Å²) in [6.45, 7) is -0.463. The zero-order chi connectivity index (χ0) is 20.1. The molecule has 0 unspecified atom stereocenters. The number of amides is 1. The van der Waals surface area contributed by atoms with E-state index in [-0.39, 0.29) is 18.7 Å². The summed E-state index contributed by atoms with van der Waals surface area (Å²) in [6.07, 6.45) is -0.117. The molecule has 10 heteroatoms. The first-order chi connectivity index (χ1) is 13.4. The summed E-state index contributed by atoms with van der Waals surface area (Å²) >= 11 is 0. The number of nitro benzene ring substituents is 1. The van der Waals surface area contributed by atoms with Crippen molar-refractivity contribution in [2.24, 2.45) is 0 Å². The van der Waals surface area contributed by atoms with Crippen LogP contribution >= 0.6 is 0 Å². The van der Waals surface area contributed by atoms with Crippen LogP contribution in [0.4, 0.5) is 11.4 Å². The van der Waals surface area contributed by atoms with E-state index in [9.17, 15) is 24.5 Å². The molecule has 10 nitrogen and oxygen atoms in total. The number of non-ortho nitro benzene ring substituents is 1. The summed E-state index contributed by atoms with van der Waals surface area (Å²) in [5.74, 6) is -1.82. The van der Waals surface area contributed by atoms with Crippen molar-refractivity contribution >= 4 is 34.4 Å². The lowest BCUT2D eigenvalue weighted by Crippen LogP contribution is -2.22. The average Bonchev–Trinajstić information content (AvgIpc) is 3.00. The second-order valence-corrected chi connectivity index (χ2v) is 5.75. The maximum Gasteiger partial charge on any atom is 0.419 e. The smallest absolute Gasteiger partial charge is 0.419 e. The fourth-order valence-electron chi connectivity index (χ4n) is 2.51. The predicted octanol–water partition coefficient (Wildman–Crippen LogP) is 2.07. The number of benzene rings is 2. The second kappa shape index (κ2) is 8.16. The maximum absolute atomic E-state index is 11.8. The molecule has 1 amide bonds. The van der Waals surface area contributed by atoms with Crippen LogP contribution in [0.15, 0.2) is 57.7 Å². The lowest BCUT2D eigenvalue weighted by molar-refractivity contribution is -0.384. The molecule has 0 spiro atoms. The van der Waals surface area contributed by atoms with Crippen LogP contribution in [0.2, 0.25) is 0 Å². The summed E-state index contributed by atoms with van der Waals surface area (Å²) in [4.78, 5) is 45.5. The molecule has 0 aliphatic carbocycles. The van der Waals surface area contributed by atoms with Gasteiger partial charge in [-0.1, -0.05) is 12.1 Å². The lowest BCUT2D eigenvalue weighted by Gasteiger charge is -2.07. The number of carbonyl (C=O) groups is 2. The van der Waals surface area contributed by atoms with Gasteiger partial charge in [0, 0.05) is 24.4 Å². The third-order valence-corrected chi connectivity index (χ3v) is 3.84. The molecule has 0 aliphatic heterocycles. The van der Waals surface area contributed by atoms with E-state index in [0.717, 1.165) is 0 Å². The SMILES string of the molecule is O=C(COC(=O)CCn1c(=O)oc2ccccc21)Nc1ccc([N+](=O)[O-])cc1. The molecule has 3 rings (SSSR count). The number of nitrogens with zero attached hydrogens (tertiary/aromatic N) is 2. The van der Waals surface area contributed by atoms with E-state index >= 15 is 0 Å². The molecule has 2 aromatic carbocycles. The molecule has 144 valence electrons. The summed E-state index contributed by atoms with van der Waals surface area (Å²) in [7, 11) is 0. The first kappa shape index (κ1) is 18.8. The van der Waals surface area contributed by atoms with Crippen molar-refractivity contribution in [2.75, 3.05) is 11.9 Å². The highest BCUT2D eigenvalue weighted by molar-refractivity contribution is 5.92. The Labute approximate surface area is 157 Å². The maximum atomic E-state index is 11.8. The Morgan fingerprint density at radius 2 is 1.86 bits per heavy atom. The number of anilines is 1. The number of para-hydroxylation sites is 2. The minimum absolute atomic E-state index is 0.0542. The van der Waals surface area contributed by atoms with Gasteiger partial charge >= 0.3 is 11.7 Å². The first-order valence-electron chi connectivity index (χ1n) is 8.22. The van der Waals surface area contributed by atoms with Crippen LogP contribution in [-0.2, 0) is 20.9 Å². The van der Waals surface area contributed by atoms with E-state index < -0.39 is 29.2 Å². The lowest BCUT2D eigenvalue weighted by atomic mass is 10.3. The van der Waals surface area contributed by atoms with Gasteiger partial charge in [0.2, 0.25) is 0 Å². The van der Waals surface area contributed by atoms with E-state index in [1.807, 2.05) is 0 Å². The van der Waals surface area contributed by atoms with Crippen LogP contribution in [0.5, 0.6) is 0 Å². The number of ether oxygens (including phenoxy) is 1. The Morgan fingerprint density at radius 3 is 2.57 bits per heavy atom. The van der Waals surface area contributed by atoms with Crippen molar-refractivity contribution in [3.05, 3.63) is 69.2 Å². The normalized spacial score (nSPS) is 10.6. The van der Waals surface area contributed by atoms with Gasteiger partial charge in [-0.3, -0.25) is 24.3 Å². The number of fused-ring (bicyclic) bond motifs is 1. The molecule has 0 radical (unpaired) electrons. The van der Waals surface area contributed by atoms with Gasteiger partial charge in [-0.05, 0) is 24.3 Å². The number of esters is 1. The Morgan fingerprint density at radius 1 is 1.14 bits per heavy atom. The number of hydrogen-bond acceptors (Lipinski definition) is 7. The zero-order valence-corrected chi connectivity index (χ0v) is 14.5. The van der Waals surface area contributed by atoms with E-state index in [1.54, 1.807) is 24.3 Å². The molecule has 0 saturated carbocycles. The highest BCUT2D eigenvalue weighted by Crippen LogP contribution is 2.15. The van der Waals surface area contributed by atoms with Crippen LogP contribution < -0.4 is 11.1 Å². The Hall–Kier alpha value is -3.95. The quantitative estimate of drug-likeness (QED) is 0.374. The fourth-order valence-corrected chi connectivity index (χ4v) is 2.51. The van der Waals surface area contributed by atoms with E-state index in [0.29, 0.717) is 16.8 Å². The van der Waals surface area contributed by atoms with Crippen LogP contribution in [0.1, 0.15) is 6.42 Å². The van der Waals surface area contributed by atoms with Crippen molar-refractivity contribution in [3.63, 3.8) is 0 Å². The van der Waals surface area contributed by atoms with E-state index in [4.69, 9.17) is 9.15 Å². The third kappa shape index (κ3) is 4.41. The van der Waals surface area contributed by atoms with Crippen molar-refractivity contribution < 1.29 is 23.7 Å². The highest BCUT2D eigenvalue weighted by atomic mass is 16.6. The zero-order valence-electron chi connectivity index (χ0n) is 14.5. The predicted molar refractivity (Wildman–Crippen MR) is 97.8 cm³/mol.